The Morgan fingerprint density at radius 2 is 2.38 bits per heavy atom. The lowest BCUT2D eigenvalue weighted by Gasteiger charge is -2.20. The number of rotatable bonds is 6. The Morgan fingerprint density at radius 1 is 1.50 bits per heavy atom. The van der Waals surface area contributed by atoms with Crippen molar-refractivity contribution in [1.82, 2.24) is 10.3 Å². The highest BCUT2D eigenvalue weighted by molar-refractivity contribution is 7.09. The molecule has 128 valence electrons. The number of nitrogens with one attached hydrogen (secondary N) is 1. The second kappa shape index (κ2) is 7.69. The Morgan fingerprint density at radius 3 is 3.21 bits per heavy atom. The van der Waals surface area contributed by atoms with Crippen LogP contribution in [0.1, 0.15) is 26.6 Å². The van der Waals surface area contributed by atoms with E-state index in [0.29, 0.717) is 48.7 Å². The lowest BCUT2D eigenvalue weighted by molar-refractivity contribution is -0.0172. The van der Waals surface area contributed by atoms with Gasteiger partial charge in [0.15, 0.2) is 6.79 Å². The molecule has 1 aliphatic heterocycles. The molecule has 0 spiro atoms. The SMILES string of the molecule is COCc1nc(C(=O)NCCc2cc(F)cc3c2OCOC3)cs1. The van der Waals surface area contributed by atoms with E-state index in [1.807, 2.05) is 0 Å². The maximum atomic E-state index is 13.7. The molecule has 0 atom stereocenters. The second-order valence-electron chi connectivity index (χ2n) is 5.23. The summed E-state index contributed by atoms with van der Waals surface area (Å²) in [6, 6.07) is 2.83. The number of thiazole rings is 1. The Labute approximate surface area is 142 Å². The standard InChI is InChI=1S/C16H17FN2O4S/c1-21-7-14-19-13(8-24-14)16(20)18-3-2-10-4-12(17)5-11-6-22-9-23-15(10)11/h4-5,8H,2-3,6-7,9H2,1H3,(H,18,20). The van der Waals surface area contributed by atoms with Crippen LogP contribution in [0.5, 0.6) is 5.75 Å². The lowest BCUT2D eigenvalue weighted by atomic mass is 10.1. The van der Waals surface area contributed by atoms with Gasteiger partial charge in [-0.1, -0.05) is 0 Å². The van der Waals surface area contributed by atoms with Crippen molar-refractivity contribution in [3.8, 4) is 5.75 Å². The van der Waals surface area contributed by atoms with Gasteiger partial charge in [0.25, 0.3) is 5.91 Å². The van der Waals surface area contributed by atoms with Crippen LogP contribution in [0, 0.1) is 5.82 Å². The number of aromatic nitrogens is 1. The van der Waals surface area contributed by atoms with Gasteiger partial charge < -0.3 is 19.5 Å². The number of benzene rings is 1. The number of hydrogen-bond acceptors (Lipinski definition) is 6. The molecular formula is C16H17FN2O4S. The minimum atomic E-state index is -0.340. The molecule has 1 N–H and O–H groups in total. The molecule has 1 aliphatic rings. The summed E-state index contributed by atoms with van der Waals surface area (Å²) in [6.07, 6.45) is 0.459. The maximum absolute atomic E-state index is 13.7. The van der Waals surface area contributed by atoms with Crippen molar-refractivity contribution >= 4 is 17.2 Å². The highest BCUT2D eigenvalue weighted by Gasteiger charge is 2.17. The number of amides is 1. The van der Waals surface area contributed by atoms with E-state index in [4.69, 9.17) is 14.2 Å². The van der Waals surface area contributed by atoms with Gasteiger partial charge in [0.2, 0.25) is 0 Å². The highest BCUT2D eigenvalue weighted by atomic mass is 32.1. The van der Waals surface area contributed by atoms with Crippen LogP contribution in [0.4, 0.5) is 4.39 Å². The number of halogens is 1. The fraction of sp³-hybridized carbons (Fsp3) is 0.375. The molecule has 0 aliphatic carbocycles. The number of ether oxygens (including phenoxy) is 3. The van der Waals surface area contributed by atoms with Gasteiger partial charge in [-0.05, 0) is 24.1 Å². The summed E-state index contributed by atoms with van der Waals surface area (Å²) in [5, 5.41) is 5.22. The second-order valence-corrected chi connectivity index (χ2v) is 6.17. The van der Waals surface area contributed by atoms with E-state index in [-0.39, 0.29) is 18.5 Å². The van der Waals surface area contributed by atoms with Gasteiger partial charge in [-0.2, -0.15) is 0 Å². The molecule has 1 amide bonds. The third-order valence-corrected chi connectivity index (χ3v) is 4.31. The van der Waals surface area contributed by atoms with Gasteiger partial charge in [0.1, 0.15) is 22.3 Å². The molecular weight excluding hydrogens is 335 g/mol. The van der Waals surface area contributed by atoms with E-state index < -0.39 is 0 Å². The molecule has 0 fully saturated rings. The van der Waals surface area contributed by atoms with Crippen LogP contribution in [-0.2, 0) is 29.1 Å². The summed E-state index contributed by atoms with van der Waals surface area (Å²) in [7, 11) is 1.58. The largest absolute Gasteiger partial charge is 0.467 e. The Hall–Kier alpha value is -2.03. The van der Waals surface area contributed by atoms with Crippen LogP contribution < -0.4 is 10.1 Å². The molecule has 8 heteroatoms. The predicted molar refractivity (Wildman–Crippen MR) is 85.5 cm³/mol. The predicted octanol–water partition coefficient (Wildman–Crippen LogP) is 2.27. The Kier molecular flexibility index (Phi) is 5.39. The van der Waals surface area contributed by atoms with E-state index in [1.165, 1.54) is 23.5 Å². The average Bonchev–Trinajstić information content (AvgIpc) is 3.03. The fourth-order valence-electron chi connectivity index (χ4n) is 2.45. The molecule has 0 bridgehead atoms. The summed E-state index contributed by atoms with van der Waals surface area (Å²) >= 11 is 1.37. The number of carbonyl (C=O) groups is 1. The molecule has 6 nitrogen and oxygen atoms in total. The number of fused-ring (bicyclic) bond motifs is 1. The van der Waals surface area contributed by atoms with Crippen molar-refractivity contribution in [2.24, 2.45) is 0 Å². The average molecular weight is 352 g/mol. The van der Waals surface area contributed by atoms with Crippen LogP contribution in [0.2, 0.25) is 0 Å². The first kappa shape index (κ1) is 16.8. The summed E-state index contributed by atoms with van der Waals surface area (Å²) in [5.41, 5.74) is 1.76. The fourth-order valence-corrected chi connectivity index (χ4v) is 3.19. The molecule has 1 aromatic heterocycles. The van der Waals surface area contributed by atoms with Crippen molar-refractivity contribution in [3.63, 3.8) is 0 Å². The van der Waals surface area contributed by atoms with E-state index in [0.717, 1.165) is 5.01 Å². The Balaban J connectivity index is 1.60. The van der Waals surface area contributed by atoms with Crippen molar-refractivity contribution in [3.05, 3.63) is 45.2 Å². The monoisotopic (exact) mass is 352 g/mol. The van der Waals surface area contributed by atoms with Gasteiger partial charge >= 0.3 is 0 Å². The normalized spacial score (nSPS) is 13.2. The van der Waals surface area contributed by atoms with Gasteiger partial charge in [0, 0.05) is 24.6 Å². The molecule has 0 saturated heterocycles. The topological polar surface area (TPSA) is 69.7 Å². The first-order valence-electron chi connectivity index (χ1n) is 7.40. The van der Waals surface area contributed by atoms with Gasteiger partial charge in [-0.15, -0.1) is 11.3 Å². The summed E-state index contributed by atoms with van der Waals surface area (Å²) in [5.74, 6) is 0.0453. The van der Waals surface area contributed by atoms with Gasteiger partial charge in [0.05, 0.1) is 13.2 Å². The van der Waals surface area contributed by atoms with Crippen LogP contribution in [0.25, 0.3) is 0 Å². The zero-order chi connectivity index (χ0) is 16.9. The van der Waals surface area contributed by atoms with E-state index in [2.05, 4.69) is 10.3 Å². The van der Waals surface area contributed by atoms with Crippen molar-refractivity contribution in [2.75, 3.05) is 20.4 Å². The van der Waals surface area contributed by atoms with Gasteiger partial charge in [-0.25, -0.2) is 9.37 Å². The number of hydrogen-bond donors (Lipinski definition) is 1. The van der Waals surface area contributed by atoms with E-state index >= 15 is 0 Å². The van der Waals surface area contributed by atoms with Crippen LogP contribution in [0.3, 0.4) is 0 Å². The van der Waals surface area contributed by atoms with Crippen LogP contribution in [-0.4, -0.2) is 31.3 Å². The van der Waals surface area contributed by atoms with Crippen molar-refractivity contribution in [1.29, 1.82) is 0 Å². The quantitative estimate of drug-likeness (QED) is 0.864. The maximum Gasteiger partial charge on any atom is 0.270 e. The lowest BCUT2D eigenvalue weighted by Crippen LogP contribution is -2.26. The third kappa shape index (κ3) is 3.89. The highest BCUT2D eigenvalue weighted by Crippen LogP contribution is 2.29. The van der Waals surface area contributed by atoms with Crippen molar-refractivity contribution < 1.29 is 23.4 Å². The van der Waals surface area contributed by atoms with E-state index in [9.17, 15) is 9.18 Å². The zero-order valence-electron chi connectivity index (χ0n) is 13.1. The zero-order valence-corrected chi connectivity index (χ0v) is 14.0. The number of nitrogens with zero attached hydrogens (tertiary/aromatic N) is 1. The van der Waals surface area contributed by atoms with Crippen molar-refractivity contribution in [2.45, 2.75) is 19.6 Å². The van der Waals surface area contributed by atoms with Crippen LogP contribution in [0.15, 0.2) is 17.5 Å². The summed E-state index contributed by atoms with van der Waals surface area (Å²) in [4.78, 5) is 16.3. The number of carbonyl (C=O) groups excluding carboxylic acids is 1. The third-order valence-electron chi connectivity index (χ3n) is 3.48. The minimum absolute atomic E-state index is 0.152. The molecule has 2 aromatic rings. The molecule has 0 radical (unpaired) electrons. The molecule has 2 heterocycles. The smallest absolute Gasteiger partial charge is 0.270 e. The first-order chi connectivity index (χ1) is 11.7. The molecule has 3 rings (SSSR count). The van der Waals surface area contributed by atoms with E-state index in [1.54, 1.807) is 12.5 Å². The molecule has 24 heavy (non-hydrogen) atoms. The molecule has 1 aromatic carbocycles. The minimum Gasteiger partial charge on any atom is -0.467 e. The number of methoxy groups -OCH3 is 1. The Bertz CT molecular complexity index is 735. The summed E-state index contributed by atoms with van der Waals surface area (Å²) < 4.78 is 29.3. The van der Waals surface area contributed by atoms with Gasteiger partial charge in [-0.3, -0.25) is 4.79 Å². The molecule has 0 unspecified atom stereocenters. The van der Waals surface area contributed by atoms with Crippen LogP contribution >= 0.6 is 11.3 Å². The molecule has 0 saturated carbocycles. The first-order valence-corrected chi connectivity index (χ1v) is 8.28. The summed E-state index contributed by atoms with van der Waals surface area (Å²) in [6.45, 7) is 1.22.